The monoisotopic (exact) mass is 359 g/mol. The van der Waals surface area contributed by atoms with Gasteiger partial charge in [0.05, 0.1) is 15.2 Å². The summed E-state index contributed by atoms with van der Waals surface area (Å²) in [5.74, 6) is 1.74. The van der Waals surface area contributed by atoms with Gasteiger partial charge >= 0.3 is 0 Å². The molecule has 1 aromatic carbocycles. The highest BCUT2D eigenvalue weighted by atomic mass is 32.1. The molecule has 1 amide bonds. The SMILES string of the molecule is CC1CC(C)CN(CCCNC(=O)CCc2nc3ccccc3s2)C1. The van der Waals surface area contributed by atoms with Crippen molar-refractivity contribution in [2.24, 2.45) is 11.8 Å². The molecule has 2 unspecified atom stereocenters. The molecule has 2 atom stereocenters. The number of likely N-dealkylation sites (tertiary alicyclic amines) is 1. The second-order valence-electron chi connectivity index (χ2n) is 7.48. The molecule has 136 valence electrons. The molecule has 0 radical (unpaired) electrons. The van der Waals surface area contributed by atoms with Crippen LogP contribution in [-0.4, -0.2) is 42.0 Å². The van der Waals surface area contributed by atoms with Gasteiger partial charge in [-0.1, -0.05) is 26.0 Å². The van der Waals surface area contributed by atoms with E-state index in [0.29, 0.717) is 6.42 Å². The van der Waals surface area contributed by atoms with Gasteiger partial charge in [0, 0.05) is 32.5 Å². The third kappa shape index (κ3) is 5.51. The number of fused-ring (bicyclic) bond motifs is 1. The van der Waals surface area contributed by atoms with Crippen molar-refractivity contribution < 1.29 is 4.79 Å². The zero-order valence-electron chi connectivity index (χ0n) is 15.3. The van der Waals surface area contributed by atoms with Crippen molar-refractivity contribution in [2.75, 3.05) is 26.2 Å². The highest BCUT2D eigenvalue weighted by Gasteiger charge is 2.21. The number of rotatable bonds is 7. The molecular formula is C20H29N3OS. The minimum atomic E-state index is 0.139. The van der Waals surface area contributed by atoms with Crippen LogP contribution in [0.4, 0.5) is 0 Å². The maximum atomic E-state index is 12.0. The fraction of sp³-hybridized carbons (Fsp3) is 0.600. The Bertz CT molecular complexity index is 656. The van der Waals surface area contributed by atoms with E-state index in [1.807, 2.05) is 18.2 Å². The zero-order chi connectivity index (χ0) is 17.6. The Balaban J connectivity index is 1.33. The van der Waals surface area contributed by atoms with Crippen LogP contribution in [0, 0.1) is 11.8 Å². The van der Waals surface area contributed by atoms with Gasteiger partial charge < -0.3 is 10.2 Å². The third-order valence-corrected chi connectivity index (χ3v) is 5.92. The lowest BCUT2D eigenvalue weighted by Gasteiger charge is -2.34. The second-order valence-corrected chi connectivity index (χ2v) is 8.60. The number of carbonyl (C=O) groups is 1. The molecule has 5 heteroatoms. The molecule has 2 heterocycles. The number of hydrogen-bond acceptors (Lipinski definition) is 4. The Morgan fingerprint density at radius 1 is 1.28 bits per heavy atom. The van der Waals surface area contributed by atoms with Crippen LogP contribution in [0.5, 0.6) is 0 Å². The molecular weight excluding hydrogens is 330 g/mol. The summed E-state index contributed by atoms with van der Waals surface area (Å²) in [6.07, 6.45) is 3.63. The highest BCUT2D eigenvalue weighted by molar-refractivity contribution is 7.18. The van der Waals surface area contributed by atoms with E-state index in [4.69, 9.17) is 0 Å². The molecule has 25 heavy (non-hydrogen) atoms. The Labute approximate surface area is 154 Å². The number of benzene rings is 1. The summed E-state index contributed by atoms with van der Waals surface area (Å²) in [5.41, 5.74) is 1.04. The first-order valence-electron chi connectivity index (χ1n) is 9.43. The minimum Gasteiger partial charge on any atom is -0.356 e. The smallest absolute Gasteiger partial charge is 0.220 e. The normalized spacial score (nSPS) is 21.5. The van der Waals surface area contributed by atoms with Gasteiger partial charge in [0.1, 0.15) is 0 Å². The van der Waals surface area contributed by atoms with Gasteiger partial charge in [-0.05, 0) is 43.4 Å². The van der Waals surface area contributed by atoms with Crippen LogP contribution in [0.3, 0.4) is 0 Å². The van der Waals surface area contributed by atoms with Crippen molar-refractivity contribution in [1.29, 1.82) is 0 Å². The molecule has 2 aromatic rings. The quantitative estimate of drug-likeness (QED) is 0.767. The fourth-order valence-electron chi connectivity index (χ4n) is 3.84. The number of amides is 1. The number of hydrogen-bond donors (Lipinski definition) is 1. The van der Waals surface area contributed by atoms with Gasteiger partial charge in [-0.25, -0.2) is 4.98 Å². The van der Waals surface area contributed by atoms with E-state index in [0.717, 1.165) is 48.3 Å². The number of nitrogens with one attached hydrogen (secondary N) is 1. The van der Waals surface area contributed by atoms with Crippen LogP contribution in [0.15, 0.2) is 24.3 Å². The number of piperidine rings is 1. The summed E-state index contributed by atoms with van der Waals surface area (Å²) in [7, 11) is 0. The number of nitrogens with zero attached hydrogens (tertiary/aromatic N) is 2. The van der Waals surface area contributed by atoms with Crippen molar-refractivity contribution in [3.05, 3.63) is 29.3 Å². The lowest BCUT2D eigenvalue weighted by molar-refractivity contribution is -0.121. The van der Waals surface area contributed by atoms with Crippen molar-refractivity contribution in [3.8, 4) is 0 Å². The number of thiazole rings is 1. The van der Waals surface area contributed by atoms with Crippen molar-refractivity contribution in [2.45, 2.75) is 39.5 Å². The van der Waals surface area contributed by atoms with Crippen molar-refractivity contribution in [3.63, 3.8) is 0 Å². The summed E-state index contributed by atoms with van der Waals surface area (Å²) in [5, 5.41) is 4.11. The summed E-state index contributed by atoms with van der Waals surface area (Å²) >= 11 is 1.69. The molecule has 4 nitrogen and oxygen atoms in total. The maximum Gasteiger partial charge on any atom is 0.220 e. The summed E-state index contributed by atoms with van der Waals surface area (Å²) in [4.78, 5) is 19.2. The van der Waals surface area contributed by atoms with E-state index in [2.05, 4.69) is 35.1 Å². The van der Waals surface area contributed by atoms with E-state index in [1.54, 1.807) is 11.3 Å². The number of aromatic nitrogens is 1. The van der Waals surface area contributed by atoms with Gasteiger partial charge in [0.2, 0.25) is 5.91 Å². The predicted molar refractivity (Wildman–Crippen MR) is 105 cm³/mol. The van der Waals surface area contributed by atoms with Crippen molar-refractivity contribution in [1.82, 2.24) is 15.2 Å². The number of aryl methyl sites for hydroxylation is 1. The number of carbonyl (C=O) groups excluding carboxylic acids is 1. The largest absolute Gasteiger partial charge is 0.356 e. The maximum absolute atomic E-state index is 12.0. The molecule has 3 rings (SSSR count). The molecule has 0 aliphatic carbocycles. The predicted octanol–water partition coefficient (Wildman–Crippen LogP) is 3.71. The van der Waals surface area contributed by atoms with Gasteiger partial charge in [0.25, 0.3) is 0 Å². The Kier molecular flexibility index (Phi) is 6.43. The van der Waals surface area contributed by atoms with Crippen LogP contribution in [-0.2, 0) is 11.2 Å². The molecule has 1 aliphatic rings. The topological polar surface area (TPSA) is 45.2 Å². The molecule has 1 N–H and O–H groups in total. The van der Waals surface area contributed by atoms with Gasteiger partial charge in [-0.15, -0.1) is 11.3 Å². The van der Waals surface area contributed by atoms with E-state index < -0.39 is 0 Å². The third-order valence-electron chi connectivity index (χ3n) is 4.82. The molecule has 0 saturated carbocycles. The first-order valence-corrected chi connectivity index (χ1v) is 10.3. The van der Waals surface area contributed by atoms with Crippen LogP contribution in [0.1, 0.15) is 38.1 Å². The average Bonchev–Trinajstić information content (AvgIpc) is 2.99. The van der Waals surface area contributed by atoms with Gasteiger partial charge in [-0.3, -0.25) is 4.79 Å². The first-order chi connectivity index (χ1) is 12.1. The lowest BCUT2D eigenvalue weighted by atomic mass is 9.92. The lowest BCUT2D eigenvalue weighted by Crippen LogP contribution is -2.40. The molecule has 1 saturated heterocycles. The molecule has 1 aromatic heterocycles. The van der Waals surface area contributed by atoms with Crippen molar-refractivity contribution >= 4 is 27.5 Å². The fourth-order valence-corrected chi connectivity index (χ4v) is 4.81. The Hall–Kier alpha value is -1.46. The van der Waals surface area contributed by atoms with Gasteiger partial charge in [-0.2, -0.15) is 0 Å². The van der Waals surface area contributed by atoms with E-state index in [1.165, 1.54) is 24.2 Å². The van der Waals surface area contributed by atoms with Crippen LogP contribution in [0.2, 0.25) is 0 Å². The standard InChI is InChI=1S/C20H29N3OS/c1-15-12-16(2)14-23(13-15)11-5-10-21-19(24)8-9-20-22-17-6-3-4-7-18(17)25-20/h3-4,6-7,15-16H,5,8-14H2,1-2H3,(H,21,24). The molecule has 1 aliphatic heterocycles. The molecule has 1 fully saturated rings. The first kappa shape index (κ1) is 18.3. The Morgan fingerprint density at radius 3 is 2.80 bits per heavy atom. The second kappa shape index (κ2) is 8.77. The van der Waals surface area contributed by atoms with E-state index in [9.17, 15) is 4.79 Å². The summed E-state index contributed by atoms with van der Waals surface area (Å²) in [6, 6.07) is 8.14. The summed E-state index contributed by atoms with van der Waals surface area (Å²) < 4.78 is 1.20. The molecule has 0 bridgehead atoms. The van der Waals surface area contributed by atoms with E-state index in [-0.39, 0.29) is 5.91 Å². The molecule has 0 spiro atoms. The summed E-state index contributed by atoms with van der Waals surface area (Å²) in [6.45, 7) is 8.95. The highest BCUT2D eigenvalue weighted by Crippen LogP contribution is 2.22. The minimum absolute atomic E-state index is 0.139. The Morgan fingerprint density at radius 2 is 2.04 bits per heavy atom. The van der Waals surface area contributed by atoms with Crippen LogP contribution < -0.4 is 5.32 Å². The zero-order valence-corrected chi connectivity index (χ0v) is 16.1. The average molecular weight is 360 g/mol. The van der Waals surface area contributed by atoms with E-state index >= 15 is 0 Å². The van der Waals surface area contributed by atoms with Crippen LogP contribution in [0.25, 0.3) is 10.2 Å². The van der Waals surface area contributed by atoms with Crippen LogP contribution >= 0.6 is 11.3 Å². The number of para-hydroxylation sites is 1. The van der Waals surface area contributed by atoms with Gasteiger partial charge in [0.15, 0.2) is 0 Å².